The van der Waals surface area contributed by atoms with Gasteiger partial charge in [-0.3, -0.25) is 19.3 Å². The Morgan fingerprint density at radius 1 is 1.00 bits per heavy atom. The van der Waals surface area contributed by atoms with Gasteiger partial charge in [0, 0.05) is 19.2 Å². The summed E-state index contributed by atoms with van der Waals surface area (Å²) < 4.78 is 0. The number of carbonyl (C=O) groups is 3. The van der Waals surface area contributed by atoms with Crippen molar-refractivity contribution in [1.82, 2.24) is 9.80 Å². The Hall–Kier alpha value is -2.95. The molecule has 4 rings (SSSR count). The molecule has 0 N–H and O–H groups in total. The fourth-order valence-corrected chi connectivity index (χ4v) is 3.81. The minimum Gasteiger partial charge on any atom is -0.332 e. The first-order valence-corrected chi connectivity index (χ1v) is 8.81. The SMILES string of the molecule is Cc1ccc(C2CCCN2C(=O)c2ccc3c(c2)C(=O)N(C)C3=O)cc1. The summed E-state index contributed by atoms with van der Waals surface area (Å²) in [7, 11) is 1.46. The van der Waals surface area contributed by atoms with Crippen molar-refractivity contribution in [3.05, 3.63) is 70.3 Å². The van der Waals surface area contributed by atoms with Gasteiger partial charge in [0.15, 0.2) is 0 Å². The molecule has 1 unspecified atom stereocenters. The summed E-state index contributed by atoms with van der Waals surface area (Å²) >= 11 is 0. The van der Waals surface area contributed by atoms with E-state index in [0.29, 0.717) is 23.2 Å². The second-order valence-electron chi connectivity index (χ2n) is 7.00. The van der Waals surface area contributed by atoms with Crippen LogP contribution in [0.1, 0.15) is 61.1 Å². The number of hydrogen-bond acceptors (Lipinski definition) is 3. The van der Waals surface area contributed by atoms with Crippen LogP contribution in [0.2, 0.25) is 0 Å². The van der Waals surface area contributed by atoms with Crippen molar-refractivity contribution < 1.29 is 14.4 Å². The summed E-state index contributed by atoms with van der Waals surface area (Å²) in [6.07, 6.45) is 1.88. The maximum atomic E-state index is 13.1. The van der Waals surface area contributed by atoms with Gasteiger partial charge in [-0.2, -0.15) is 0 Å². The molecule has 2 heterocycles. The van der Waals surface area contributed by atoms with E-state index in [0.717, 1.165) is 23.3 Å². The topological polar surface area (TPSA) is 57.7 Å². The molecule has 1 fully saturated rings. The molecule has 1 atom stereocenters. The van der Waals surface area contributed by atoms with Crippen molar-refractivity contribution in [1.29, 1.82) is 0 Å². The zero-order valence-electron chi connectivity index (χ0n) is 14.9. The first-order chi connectivity index (χ1) is 12.5. The highest BCUT2D eigenvalue weighted by atomic mass is 16.2. The molecule has 5 nitrogen and oxygen atoms in total. The van der Waals surface area contributed by atoms with Crippen molar-refractivity contribution in [2.24, 2.45) is 0 Å². The number of benzene rings is 2. The summed E-state index contributed by atoms with van der Waals surface area (Å²) in [4.78, 5) is 40.3. The molecule has 132 valence electrons. The van der Waals surface area contributed by atoms with E-state index in [1.54, 1.807) is 18.2 Å². The molecule has 1 saturated heterocycles. The fourth-order valence-electron chi connectivity index (χ4n) is 3.81. The third-order valence-corrected chi connectivity index (χ3v) is 5.31. The Morgan fingerprint density at radius 2 is 1.69 bits per heavy atom. The van der Waals surface area contributed by atoms with Crippen LogP contribution in [0.3, 0.4) is 0 Å². The second-order valence-corrected chi connectivity index (χ2v) is 7.00. The van der Waals surface area contributed by atoms with E-state index in [9.17, 15) is 14.4 Å². The van der Waals surface area contributed by atoms with Crippen LogP contribution in [0.5, 0.6) is 0 Å². The quantitative estimate of drug-likeness (QED) is 0.783. The smallest absolute Gasteiger partial charge is 0.261 e. The number of imide groups is 1. The van der Waals surface area contributed by atoms with E-state index < -0.39 is 0 Å². The summed E-state index contributed by atoms with van der Waals surface area (Å²) in [6, 6.07) is 13.1. The molecule has 5 heteroatoms. The molecule has 0 aromatic heterocycles. The zero-order valence-corrected chi connectivity index (χ0v) is 14.9. The molecular weight excluding hydrogens is 328 g/mol. The third-order valence-electron chi connectivity index (χ3n) is 5.31. The van der Waals surface area contributed by atoms with Crippen molar-refractivity contribution in [3.63, 3.8) is 0 Å². The molecule has 2 aliphatic heterocycles. The predicted octanol–water partition coefficient (Wildman–Crippen LogP) is 3.20. The molecule has 26 heavy (non-hydrogen) atoms. The molecule has 2 aromatic carbocycles. The molecule has 0 radical (unpaired) electrons. The Bertz CT molecular complexity index is 917. The van der Waals surface area contributed by atoms with E-state index in [1.165, 1.54) is 12.6 Å². The molecule has 0 spiro atoms. The van der Waals surface area contributed by atoms with E-state index >= 15 is 0 Å². The lowest BCUT2D eigenvalue weighted by Crippen LogP contribution is -2.30. The average molecular weight is 348 g/mol. The Balaban J connectivity index is 1.65. The van der Waals surface area contributed by atoms with Crippen molar-refractivity contribution in [3.8, 4) is 0 Å². The van der Waals surface area contributed by atoms with Gasteiger partial charge in [-0.05, 0) is 43.5 Å². The minimum atomic E-state index is -0.351. The highest BCUT2D eigenvalue weighted by Crippen LogP contribution is 2.34. The summed E-state index contributed by atoms with van der Waals surface area (Å²) in [5.41, 5.74) is 3.46. The average Bonchev–Trinajstić information content (AvgIpc) is 3.22. The number of amides is 3. The Labute approximate surface area is 152 Å². The highest BCUT2D eigenvalue weighted by Gasteiger charge is 2.35. The lowest BCUT2D eigenvalue weighted by Gasteiger charge is -2.25. The van der Waals surface area contributed by atoms with Gasteiger partial charge >= 0.3 is 0 Å². The first-order valence-electron chi connectivity index (χ1n) is 8.81. The van der Waals surface area contributed by atoms with Crippen LogP contribution in [0.4, 0.5) is 0 Å². The van der Waals surface area contributed by atoms with Gasteiger partial charge in [0.1, 0.15) is 0 Å². The van der Waals surface area contributed by atoms with Gasteiger partial charge in [-0.1, -0.05) is 29.8 Å². The molecule has 3 amide bonds. The molecule has 2 aliphatic rings. The maximum absolute atomic E-state index is 13.1. The Kier molecular flexibility index (Phi) is 3.87. The lowest BCUT2D eigenvalue weighted by molar-refractivity contribution is 0.0692. The zero-order chi connectivity index (χ0) is 18.4. The van der Waals surface area contributed by atoms with Gasteiger partial charge < -0.3 is 4.90 Å². The number of likely N-dealkylation sites (tertiary alicyclic amines) is 1. The number of nitrogens with zero attached hydrogens (tertiary/aromatic N) is 2. The number of aryl methyl sites for hydroxylation is 1. The monoisotopic (exact) mass is 348 g/mol. The number of rotatable bonds is 2. The van der Waals surface area contributed by atoms with Crippen molar-refractivity contribution in [2.75, 3.05) is 13.6 Å². The van der Waals surface area contributed by atoms with Crippen molar-refractivity contribution in [2.45, 2.75) is 25.8 Å². The number of fused-ring (bicyclic) bond motifs is 1. The minimum absolute atomic E-state index is 0.0522. The van der Waals surface area contributed by atoms with Gasteiger partial charge in [-0.25, -0.2) is 0 Å². The largest absolute Gasteiger partial charge is 0.332 e. The standard InChI is InChI=1S/C21H20N2O3/c1-13-5-7-14(8-6-13)18-4-3-11-23(18)19(24)15-9-10-16-17(12-15)21(26)22(2)20(16)25/h5-10,12,18H,3-4,11H2,1-2H3. The predicted molar refractivity (Wildman–Crippen MR) is 97.1 cm³/mol. The lowest BCUT2D eigenvalue weighted by atomic mass is 10.0. The van der Waals surface area contributed by atoms with Crippen LogP contribution in [-0.4, -0.2) is 41.1 Å². The van der Waals surface area contributed by atoms with Crippen molar-refractivity contribution >= 4 is 17.7 Å². The Morgan fingerprint density at radius 3 is 2.42 bits per heavy atom. The number of carbonyl (C=O) groups excluding carboxylic acids is 3. The van der Waals surface area contributed by atoms with E-state index in [1.807, 2.05) is 11.8 Å². The summed E-state index contributed by atoms with van der Waals surface area (Å²) in [5.74, 6) is -0.760. The van der Waals surface area contributed by atoms with Gasteiger partial charge in [0.2, 0.25) is 0 Å². The van der Waals surface area contributed by atoms with Crippen LogP contribution in [0.25, 0.3) is 0 Å². The third kappa shape index (κ3) is 2.51. The van der Waals surface area contributed by atoms with Crippen LogP contribution >= 0.6 is 0 Å². The van der Waals surface area contributed by atoms with Gasteiger partial charge in [0.25, 0.3) is 17.7 Å². The summed E-state index contributed by atoms with van der Waals surface area (Å²) in [5, 5.41) is 0. The first kappa shape index (κ1) is 16.5. The number of hydrogen-bond donors (Lipinski definition) is 0. The van der Waals surface area contributed by atoms with E-state index in [2.05, 4.69) is 24.3 Å². The second kappa shape index (κ2) is 6.09. The van der Waals surface area contributed by atoms with E-state index in [-0.39, 0.29) is 23.8 Å². The maximum Gasteiger partial charge on any atom is 0.261 e. The fraction of sp³-hybridized carbons (Fsp3) is 0.286. The normalized spacial score (nSPS) is 19.2. The molecule has 2 aromatic rings. The molecular formula is C21H20N2O3. The van der Waals surface area contributed by atoms with Crippen LogP contribution in [0, 0.1) is 6.92 Å². The van der Waals surface area contributed by atoms with Crippen LogP contribution < -0.4 is 0 Å². The summed E-state index contributed by atoms with van der Waals surface area (Å²) in [6.45, 7) is 2.74. The molecule has 0 aliphatic carbocycles. The van der Waals surface area contributed by atoms with E-state index in [4.69, 9.17) is 0 Å². The van der Waals surface area contributed by atoms with Crippen LogP contribution in [0.15, 0.2) is 42.5 Å². The van der Waals surface area contributed by atoms with Crippen LogP contribution in [-0.2, 0) is 0 Å². The highest BCUT2D eigenvalue weighted by molar-refractivity contribution is 6.21. The van der Waals surface area contributed by atoms with Gasteiger partial charge in [0.05, 0.1) is 17.2 Å². The molecule has 0 saturated carbocycles. The molecule has 0 bridgehead atoms. The van der Waals surface area contributed by atoms with Gasteiger partial charge in [-0.15, -0.1) is 0 Å².